The maximum Gasteiger partial charge on any atom is 0.229 e. The molecule has 30 heavy (non-hydrogen) atoms. The number of hydrogen-bond donors (Lipinski definition) is 1. The third-order valence-corrected chi connectivity index (χ3v) is 5.08. The number of carbonyl (C=O) groups is 2. The molecule has 1 aliphatic rings. The number of nitrogens with one attached hydrogen (secondary N) is 1. The first-order chi connectivity index (χ1) is 14.5. The number of anilines is 2. The minimum absolute atomic E-state index is 0.123. The Balaban J connectivity index is 1.37. The lowest BCUT2D eigenvalue weighted by Gasteiger charge is -2.16. The first-order valence-electron chi connectivity index (χ1n) is 9.70. The summed E-state index contributed by atoms with van der Waals surface area (Å²) in [7, 11) is 0. The fourth-order valence-corrected chi connectivity index (χ4v) is 3.40. The summed E-state index contributed by atoms with van der Waals surface area (Å²) in [6.07, 6.45) is 0.123. The summed E-state index contributed by atoms with van der Waals surface area (Å²) in [5.41, 5.74) is 2.26. The van der Waals surface area contributed by atoms with Crippen molar-refractivity contribution in [3.63, 3.8) is 0 Å². The van der Waals surface area contributed by atoms with Crippen LogP contribution in [0.3, 0.4) is 0 Å². The van der Waals surface area contributed by atoms with E-state index in [2.05, 4.69) is 5.32 Å². The van der Waals surface area contributed by atoms with Crippen LogP contribution >= 0.6 is 0 Å². The fourth-order valence-electron chi connectivity index (χ4n) is 3.40. The molecule has 1 atom stereocenters. The summed E-state index contributed by atoms with van der Waals surface area (Å²) in [6.45, 7) is 2.24. The maximum atomic E-state index is 13.1. The highest BCUT2D eigenvalue weighted by atomic mass is 19.1. The Morgan fingerprint density at radius 2 is 1.73 bits per heavy atom. The van der Waals surface area contributed by atoms with Gasteiger partial charge in [-0.2, -0.15) is 0 Å². The van der Waals surface area contributed by atoms with Crippen molar-refractivity contribution in [2.45, 2.75) is 13.3 Å². The van der Waals surface area contributed by atoms with E-state index in [1.54, 1.807) is 36.4 Å². The van der Waals surface area contributed by atoms with E-state index >= 15 is 0 Å². The van der Waals surface area contributed by atoms with Crippen molar-refractivity contribution in [3.05, 3.63) is 84.2 Å². The fraction of sp³-hybridized carbons (Fsp3) is 0.167. The Morgan fingerprint density at radius 1 is 1.03 bits per heavy atom. The van der Waals surface area contributed by atoms with Crippen molar-refractivity contribution >= 4 is 23.2 Å². The molecule has 5 nitrogen and oxygen atoms in total. The van der Waals surface area contributed by atoms with Crippen LogP contribution in [0.2, 0.25) is 0 Å². The molecule has 0 radical (unpaired) electrons. The summed E-state index contributed by atoms with van der Waals surface area (Å²) in [4.78, 5) is 26.5. The number of halogens is 1. The smallest absolute Gasteiger partial charge is 0.229 e. The number of carbonyl (C=O) groups excluding carboxylic acids is 2. The lowest BCUT2D eigenvalue weighted by molar-refractivity contribution is -0.122. The molecule has 2 amide bonds. The van der Waals surface area contributed by atoms with Gasteiger partial charge in [0, 0.05) is 24.3 Å². The lowest BCUT2D eigenvalue weighted by atomic mass is 10.1. The minimum Gasteiger partial charge on any atom is -0.457 e. The molecule has 152 valence electrons. The van der Waals surface area contributed by atoms with Crippen molar-refractivity contribution in [2.24, 2.45) is 5.92 Å². The van der Waals surface area contributed by atoms with Gasteiger partial charge in [0.1, 0.15) is 17.3 Å². The molecule has 0 aliphatic carbocycles. The van der Waals surface area contributed by atoms with Gasteiger partial charge in [0.05, 0.1) is 5.92 Å². The van der Waals surface area contributed by atoms with Crippen LogP contribution < -0.4 is 15.0 Å². The standard InChI is InChI=1S/C24H21FN2O3/c1-16-4-2-3-5-22(16)30-21-12-8-19(9-13-21)26-24(29)17-14-23(28)27(15-17)20-10-6-18(25)7-11-20/h2-13,17H,14-15H2,1H3,(H,26,29)/t17-/m0/s1. The largest absolute Gasteiger partial charge is 0.457 e. The van der Waals surface area contributed by atoms with Gasteiger partial charge in [-0.15, -0.1) is 0 Å². The van der Waals surface area contributed by atoms with Crippen molar-refractivity contribution in [2.75, 3.05) is 16.8 Å². The van der Waals surface area contributed by atoms with Gasteiger partial charge in [0.2, 0.25) is 11.8 Å². The number of nitrogens with zero attached hydrogens (tertiary/aromatic N) is 1. The predicted molar refractivity (Wildman–Crippen MR) is 113 cm³/mol. The van der Waals surface area contributed by atoms with Crippen molar-refractivity contribution in [3.8, 4) is 11.5 Å². The molecule has 6 heteroatoms. The van der Waals surface area contributed by atoms with E-state index in [4.69, 9.17) is 4.74 Å². The van der Waals surface area contributed by atoms with Crippen LogP contribution in [0.4, 0.5) is 15.8 Å². The van der Waals surface area contributed by atoms with E-state index in [1.807, 2.05) is 31.2 Å². The Morgan fingerprint density at radius 3 is 2.43 bits per heavy atom. The van der Waals surface area contributed by atoms with Crippen LogP contribution in [-0.4, -0.2) is 18.4 Å². The number of amides is 2. The van der Waals surface area contributed by atoms with Gasteiger partial charge in [-0.05, 0) is 67.1 Å². The normalized spacial score (nSPS) is 15.9. The second-order valence-corrected chi connectivity index (χ2v) is 7.26. The van der Waals surface area contributed by atoms with E-state index in [1.165, 1.54) is 17.0 Å². The van der Waals surface area contributed by atoms with Crippen LogP contribution in [-0.2, 0) is 9.59 Å². The van der Waals surface area contributed by atoms with Crippen LogP contribution in [0.1, 0.15) is 12.0 Å². The summed E-state index contributed by atoms with van der Waals surface area (Å²) < 4.78 is 19.0. The van der Waals surface area contributed by atoms with Crippen molar-refractivity contribution in [1.29, 1.82) is 0 Å². The zero-order chi connectivity index (χ0) is 21.1. The highest BCUT2D eigenvalue weighted by molar-refractivity contribution is 6.03. The number of benzene rings is 3. The Bertz CT molecular complexity index is 1060. The molecule has 1 aliphatic heterocycles. The average molecular weight is 404 g/mol. The van der Waals surface area contributed by atoms with Gasteiger partial charge in [-0.1, -0.05) is 18.2 Å². The summed E-state index contributed by atoms with van der Waals surface area (Å²) >= 11 is 0. The van der Waals surface area contributed by atoms with Gasteiger partial charge < -0.3 is 15.0 Å². The van der Waals surface area contributed by atoms with Crippen LogP contribution in [0.15, 0.2) is 72.8 Å². The molecule has 1 saturated heterocycles. The van der Waals surface area contributed by atoms with E-state index in [0.29, 0.717) is 17.1 Å². The Kier molecular flexibility index (Phi) is 5.48. The van der Waals surface area contributed by atoms with Crippen LogP contribution in [0.25, 0.3) is 0 Å². The van der Waals surface area contributed by atoms with Gasteiger partial charge in [-0.3, -0.25) is 9.59 Å². The number of rotatable bonds is 5. The molecular formula is C24H21FN2O3. The monoisotopic (exact) mass is 404 g/mol. The van der Waals surface area contributed by atoms with Crippen molar-refractivity contribution in [1.82, 2.24) is 0 Å². The highest BCUT2D eigenvalue weighted by Gasteiger charge is 2.35. The van der Waals surface area contributed by atoms with Gasteiger partial charge in [-0.25, -0.2) is 4.39 Å². The summed E-state index contributed by atoms with van der Waals surface area (Å²) in [5, 5.41) is 2.85. The van der Waals surface area contributed by atoms with E-state index < -0.39 is 5.92 Å². The number of ether oxygens (including phenoxy) is 1. The van der Waals surface area contributed by atoms with Crippen LogP contribution in [0, 0.1) is 18.7 Å². The summed E-state index contributed by atoms with van der Waals surface area (Å²) in [5.74, 6) is 0.240. The number of aryl methyl sites for hydroxylation is 1. The van der Waals surface area contributed by atoms with E-state index in [9.17, 15) is 14.0 Å². The zero-order valence-electron chi connectivity index (χ0n) is 16.5. The first kappa shape index (κ1) is 19.6. The Hall–Kier alpha value is -3.67. The van der Waals surface area contributed by atoms with Gasteiger partial charge >= 0.3 is 0 Å². The molecular weight excluding hydrogens is 383 g/mol. The molecule has 1 fully saturated rings. The molecule has 1 N–H and O–H groups in total. The molecule has 0 saturated carbocycles. The Labute approximate surface area is 174 Å². The molecule has 4 rings (SSSR count). The molecule has 3 aromatic carbocycles. The van der Waals surface area contributed by atoms with Gasteiger partial charge in [0.25, 0.3) is 0 Å². The van der Waals surface area contributed by atoms with Gasteiger partial charge in [0.15, 0.2) is 0 Å². The second-order valence-electron chi connectivity index (χ2n) is 7.26. The average Bonchev–Trinajstić information content (AvgIpc) is 3.13. The quantitative estimate of drug-likeness (QED) is 0.657. The molecule has 0 spiro atoms. The number of para-hydroxylation sites is 1. The zero-order valence-corrected chi connectivity index (χ0v) is 16.5. The third kappa shape index (κ3) is 4.33. The van der Waals surface area contributed by atoms with Crippen LogP contribution in [0.5, 0.6) is 11.5 Å². The molecule has 0 aromatic heterocycles. The third-order valence-electron chi connectivity index (χ3n) is 5.08. The number of hydrogen-bond acceptors (Lipinski definition) is 3. The SMILES string of the molecule is Cc1ccccc1Oc1ccc(NC(=O)[C@H]2CC(=O)N(c3ccc(F)cc3)C2)cc1. The molecule has 3 aromatic rings. The van der Waals surface area contributed by atoms with E-state index in [0.717, 1.165) is 11.3 Å². The summed E-state index contributed by atoms with van der Waals surface area (Å²) in [6, 6.07) is 20.5. The topological polar surface area (TPSA) is 58.6 Å². The highest BCUT2D eigenvalue weighted by Crippen LogP contribution is 2.28. The lowest BCUT2D eigenvalue weighted by Crippen LogP contribution is -2.28. The predicted octanol–water partition coefficient (Wildman–Crippen LogP) is 4.92. The minimum atomic E-state index is -0.467. The maximum absolute atomic E-state index is 13.1. The molecule has 0 bridgehead atoms. The molecule has 0 unspecified atom stereocenters. The van der Waals surface area contributed by atoms with E-state index in [-0.39, 0.29) is 30.6 Å². The van der Waals surface area contributed by atoms with Crippen molar-refractivity contribution < 1.29 is 18.7 Å². The second kappa shape index (κ2) is 8.37. The first-order valence-corrected chi connectivity index (χ1v) is 9.70. The molecule has 1 heterocycles.